The monoisotopic (exact) mass is 362 g/mol. The maximum atomic E-state index is 13.8. The van der Waals surface area contributed by atoms with E-state index in [1.807, 2.05) is 0 Å². The number of nitrogens with zero attached hydrogens (tertiary/aromatic N) is 5. The summed E-state index contributed by atoms with van der Waals surface area (Å²) in [7, 11) is 1.77. The van der Waals surface area contributed by atoms with Gasteiger partial charge in [0, 0.05) is 23.3 Å². The SMILES string of the molecule is Cc1nn(C)c(C)c1C(=O)Nc1ncn(Cc2c(F)cccc2Cl)n1. The van der Waals surface area contributed by atoms with Gasteiger partial charge in [-0.1, -0.05) is 17.7 Å². The average molecular weight is 363 g/mol. The van der Waals surface area contributed by atoms with Gasteiger partial charge in [-0.3, -0.25) is 14.8 Å². The molecule has 3 aromatic rings. The summed E-state index contributed by atoms with van der Waals surface area (Å²) < 4.78 is 16.9. The van der Waals surface area contributed by atoms with Crippen molar-refractivity contribution < 1.29 is 9.18 Å². The number of nitrogens with one attached hydrogen (secondary N) is 1. The normalized spacial score (nSPS) is 10.9. The number of halogens is 2. The lowest BCUT2D eigenvalue weighted by Gasteiger charge is -2.05. The molecule has 0 aliphatic heterocycles. The zero-order valence-electron chi connectivity index (χ0n) is 13.9. The van der Waals surface area contributed by atoms with Crippen LogP contribution in [-0.2, 0) is 13.6 Å². The number of benzene rings is 1. The number of hydrogen-bond acceptors (Lipinski definition) is 4. The Bertz CT molecular complexity index is 928. The number of amides is 1. The van der Waals surface area contributed by atoms with E-state index in [2.05, 4.69) is 20.5 Å². The van der Waals surface area contributed by atoms with Gasteiger partial charge in [0.25, 0.3) is 5.91 Å². The number of carbonyl (C=O) groups excluding carboxylic acids is 1. The van der Waals surface area contributed by atoms with Crippen LogP contribution in [0, 0.1) is 19.7 Å². The molecular formula is C16H16ClFN6O. The van der Waals surface area contributed by atoms with Crippen LogP contribution in [0.2, 0.25) is 5.02 Å². The molecule has 1 aromatic carbocycles. The van der Waals surface area contributed by atoms with Crippen molar-refractivity contribution in [3.63, 3.8) is 0 Å². The molecule has 0 unspecified atom stereocenters. The first-order chi connectivity index (χ1) is 11.9. The van der Waals surface area contributed by atoms with Crippen LogP contribution in [0.5, 0.6) is 0 Å². The Balaban J connectivity index is 1.77. The lowest BCUT2D eigenvalue weighted by molar-refractivity contribution is 0.102. The van der Waals surface area contributed by atoms with Gasteiger partial charge < -0.3 is 0 Å². The van der Waals surface area contributed by atoms with Crippen LogP contribution < -0.4 is 5.32 Å². The number of anilines is 1. The highest BCUT2D eigenvalue weighted by molar-refractivity contribution is 6.31. The van der Waals surface area contributed by atoms with Crippen molar-refractivity contribution in [3.05, 3.63) is 57.9 Å². The molecule has 1 amide bonds. The van der Waals surface area contributed by atoms with Gasteiger partial charge >= 0.3 is 0 Å². The molecule has 3 rings (SSSR count). The van der Waals surface area contributed by atoms with Gasteiger partial charge in [0.2, 0.25) is 5.95 Å². The molecule has 2 aromatic heterocycles. The minimum atomic E-state index is -0.421. The molecule has 9 heteroatoms. The van der Waals surface area contributed by atoms with Crippen LogP contribution in [0.15, 0.2) is 24.5 Å². The van der Waals surface area contributed by atoms with E-state index in [0.29, 0.717) is 21.8 Å². The van der Waals surface area contributed by atoms with Gasteiger partial charge in [0.15, 0.2) is 0 Å². The molecule has 0 saturated heterocycles. The lowest BCUT2D eigenvalue weighted by atomic mass is 10.2. The molecular weight excluding hydrogens is 347 g/mol. The molecule has 1 N–H and O–H groups in total. The molecule has 0 spiro atoms. The van der Waals surface area contributed by atoms with E-state index in [0.717, 1.165) is 5.69 Å². The predicted molar refractivity (Wildman–Crippen MR) is 91.2 cm³/mol. The second kappa shape index (κ2) is 6.64. The maximum absolute atomic E-state index is 13.8. The van der Waals surface area contributed by atoms with Crippen LogP contribution in [0.4, 0.5) is 10.3 Å². The quantitative estimate of drug-likeness (QED) is 0.774. The van der Waals surface area contributed by atoms with E-state index in [1.165, 1.54) is 23.1 Å². The maximum Gasteiger partial charge on any atom is 0.261 e. The van der Waals surface area contributed by atoms with Gasteiger partial charge in [-0.25, -0.2) is 14.1 Å². The van der Waals surface area contributed by atoms with E-state index in [4.69, 9.17) is 11.6 Å². The molecule has 0 radical (unpaired) electrons. The summed E-state index contributed by atoms with van der Waals surface area (Å²) in [5.74, 6) is -0.639. The number of aryl methyl sites for hydroxylation is 2. The molecule has 0 aliphatic carbocycles. The van der Waals surface area contributed by atoms with Crippen molar-refractivity contribution in [2.75, 3.05) is 5.32 Å². The fraction of sp³-hybridized carbons (Fsp3) is 0.250. The minimum absolute atomic E-state index is 0.110. The molecule has 25 heavy (non-hydrogen) atoms. The van der Waals surface area contributed by atoms with Crippen LogP contribution >= 0.6 is 11.6 Å². The highest BCUT2D eigenvalue weighted by Crippen LogP contribution is 2.20. The molecule has 7 nitrogen and oxygen atoms in total. The summed E-state index contributed by atoms with van der Waals surface area (Å²) in [4.78, 5) is 16.4. The number of hydrogen-bond donors (Lipinski definition) is 1. The van der Waals surface area contributed by atoms with Crippen molar-refractivity contribution in [2.24, 2.45) is 7.05 Å². The first-order valence-corrected chi connectivity index (χ1v) is 7.88. The number of aromatic nitrogens is 5. The van der Waals surface area contributed by atoms with Crippen molar-refractivity contribution in [2.45, 2.75) is 20.4 Å². The lowest BCUT2D eigenvalue weighted by Crippen LogP contribution is -2.15. The Morgan fingerprint density at radius 1 is 1.32 bits per heavy atom. The summed E-state index contributed by atoms with van der Waals surface area (Å²) >= 11 is 6.01. The van der Waals surface area contributed by atoms with Gasteiger partial charge in [-0.05, 0) is 26.0 Å². The molecule has 0 atom stereocenters. The predicted octanol–water partition coefficient (Wildman–Crippen LogP) is 2.72. The average Bonchev–Trinajstić information content (AvgIpc) is 3.08. The second-order valence-electron chi connectivity index (χ2n) is 5.59. The second-order valence-corrected chi connectivity index (χ2v) is 6.00. The molecule has 0 fully saturated rings. The van der Waals surface area contributed by atoms with Gasteiger partial charge in [-0.15, -0.1) is 5.10 Å². The Kier molecular flexibility index (Phi) is 4.54. The van der Waals surface area contributed by atoms with E-state index in [9.17, 15) is 9.18 Å². The third kappa shape index (κ3) is 3.39. The molecule has 0 saturated carbocycles. The highest BCUT2D eigenvalue weighted by Gasteiger charge is 2.19. The van der Waals surface area contributed by atoms with Gasteiger partial charge in [0.1, 0.15) is 12.1 Å². The smallest absolute Gasteiger partial charge is 0.261 e. The standard InChI is InChI=1S/C16H16ClFN6O/c1-9-14(10(2)23(3)21-9)15(25)20-16-19-8-24(22-16)7-11-12(17)5-4-6-13(11)18/h4-6,8H,7H2,1-3H3,(H,20,22,25). The minimum Gasteiger partial charge on any atom is -0.289 e. The topological polar surface area (TPSA) is 77.6 Å². The van der Waals surface area contributed by atoms with Crippen molar-refractivity contribution >= 4 is 23.5 Å². The number of carbonyl (C=O) groups is 1. The van der Waals surface area contributed by atoms with Crippen LogP contribution in [-0.4, -0.2) is 30.5 Å². The molecule has 0 bridgehead atoms. The van der Waals surface area contributed by atoms with E-state index >= 15 is 0 Å². The zero-order chi connectivity index (χ0) is 18.1. The third-order valence-corrected chi connectivity index (χ3v) is 4.23. The fourth-order valence-electron chi connectivity index (χ4n) is 2.54. The van der Waals surface area contributed by atoms with E-state index in [-0.39, 0.29) is 18.4 Å². The Morgan fingerprint density at radius 2 is 2.08 bits per heavy atom. The zero-order valence-corrected chi connectivity index (χ0v) is 14.7. The summed E-state index contributed by atoms with van der Waals surface area (Å²) in [6, 6.07) is 4.47. The first-order valence-electron chi connectivity index (χ1n) is 7.50. The highest BCUT2D eigenvalue weighted by atomic mass is 35.5. The Hall–Kier alpha value is -2.74. The van der Waals surface area contributed by atoms with Crippen molar-refractivity contribution in [1.29, 1.82) is 0 Å². The van der Waals surface area contributed by atoms with Crippen LogP contribution in [0.3, 0.4) is 0 Å². The van der Waals surface area contributed by atoms with Crippen LogP contribution in [0.1, 0.15) is 27.3 Å². The van der Waals surface area contributed by atoms with E-state index < -0.39 is 5.82 Å². The number of rotatable bonds is 4. The fourth-order valence-corrected chi connectivity index (χ4v) is 2.76. The van der Waals surface area contributed by atoms with Crippen molar-refractivity contribution in [1.82, 2.24) is 24.5 Å². The van der Waals surface area contributed by atoms with Gasteiger partial charge in [0.05, 0.1) is 17.8 Å². The largest absolute Gasteiger partial charge is 0.289 e. The first kappa shape index (κ1) is 17.1. The van der Waals surface area contributed by atoms with Crippen LogP contribution in [0.25, 0.3) is 0 Å². The Morgan fingerprint density at radius 3 is 2.72 bits per heavy atom. The van der Waals surface area contributed by atoms with E-state index in [1.54, 1.807) is 31.6 Å². The van der Waals surface area contributed by atoms with Gasteiger partial charge in [-0.2, -0.15) is 5.10 Å². The summed E-state index contributed by atoms with van der Waals surface area (Å²) in [5, 5.41) is 11.3. The molecule has 0 aliphatic rings. The summed E-state index contributed by atoms with van der Waals surface area (Å²) in [6.07, 6.45) is 1.40. The Labute approximate surface area is 148 Å². The molecule has 2 heterocycles. The molecule has 130 valence electrons. The van der Waals surface area contributed by atoms with Crippen molar-refractivity contribution in [3.8, 4) is 0 Å². The summed E-state index contributed by atoms with van der Waals surface area (Å²) in [6.45, 7) is 3.68. The third-order valence-electron chi connectivity index (χ3n) is 3.88. The summed E-state index contributed by atoms with van der Waals surface area (Å²) in [5.41, 5.74) is 2.16.